The predicted molar refractivity (Wildman–Crippen MR) is 61.7 cm³/mol. The third kappa shape index (κ3) is 2.12. The van der Waals surface area contributed by atoms with Gasteiger partial charge in [-0.1, -0.05) is 0 Å². The number of rotatable bonds is 2. The summed E-state index contributed by atoms with van der Waals surface area (Å²) in [5.74, 6) is -1.72. The minimum absolute atomic E-state index is 0.0119. The summed E-state index contributed by atoms with van der Waals surface area (Å²) in [6, 6.07) is 2.07. The zero-order valence-electron chi connectivity index (χ0n) is 9.48. The lowest BCUT2D eigenvalue weighted by Gasteiger charge is -2.21. The molecule has 2 rings (SSSR count). The van der Waals surface area contributed by atoms with Gasteiger partial charge in [-0.3, -0.25) is 4.79 Å². The first kappa shape index (κ1) is 12.3. The van der Waals surface area contributed by atoms with Gasteiger partial charge in [0.05, 0.1) is 11.8 Å². The number of carbonyl (C=O) groups excluding carboxylic acids is 1. The number of anilines is 1. The number of nitrogens with two attached hydrogens (primary N) is 1. The van der Waals surface area contributed by atoms with Crippen LogP contribution in [-0.2, 0) is 4.79 Å². The number of hydrogen-bond acceptors (Lipinski definition) is 5. The van der Waals surface area contributed by atoms with Crippen molar-refractivity contribution in [2.45, 2.75) is 18.6 Å². The number of carboxylic acids is 1. The molecule has 0 saturated carbocycles. The number of pyridine rings is 1. The van der Waals surface area contributed by atoms with E-state index in [2.05, 4.69) is 4.98 Å². The van der Waals surface area contributed by atoms with Gasteiger partial charge in [-0.15, -0.1) is 0 Å². The van der Waals surface area contributed by atoms with Gasteiger partial charge in [-0.05, 0) is 12.1 Å². The maximum absolute atomic E-state index is 12.1. The molecule has 7 heteroatoms. The molecular weight excluding hydrogens is 238 g/mol. The van der Waals surface area contributed by atoms with Crippen molar-refractivity contribution in [2.75, 3.05) is 12.3 Å². The van der Waals surface area contributed by atoms with Gasteiger partial charge in [0.2, 0.25) is 0 Å². The Labute approximate surface area is 103 Å². The normalized spacial score (nSPS) is 23.1. The largest absolute Gasteiger partial charge is 0.480 e. The number of carbonyl (C=O) groups is 2. The number of aliphatic hydroxyl groups is 1. The molecule has 1 aliphatic heterocycles. The number of nitrogens with zero attached hydrogens (tertiary/aromatic N) is 2. The van der Waals surface area contributed by atoms with E-state index in [0.29, 0.717) is 0 Å². The lowest BCUT2D eigenvalue weighted by Crippen LogP contribution is -2.41. The van der Waals surface area contributed by atoms with Gasteiger partial charge in [0, 0.05) is 19.2 Å². The summed E-state index contributed by atoms with van der Waals surface area (Å²) in [5, 5.41) is 18.5. The predicted octanol–water partition coefficient (Wildman–Crippen LogP) is -0.676. The Morgan fingerprint density at radius 3 is 2.83 bits per heavy atom. The second kappa shape index (κ2) is 4.61. The Balaban J connectivity index is 2.28. The van der Waals surface area contributed by atoms with E-state index < -0.39 is 24.0 Å². The second-order valence-corrected chi connectivity index (χ2v) is 4.14. The Morgan fingerprint density at radius 2 is 2.22 bits per heavy atom. The highest BCUT2D eigenvalue weighted by Crippen LogP contribution is 2.22. The van der Waals surface area contributed by atoms with Crippen LogP contribution >= 0.6 is 0 Å². The van der Waals surface area contributed by atoms with E-state index in [-0.39, 0.29) is 24.3 Å². The minimum atomic E-state index is -1.14. The quantitative estimate of drug-likeness (QED) is 0.641. The molecule has 7 nitrogen and oxygen atoms in total. The van der Waals surface area contributed by atoms with Gasteiger partial charge in [-0.2, -0.15) is 0 Å². The van der Waals surface area contributed by atoms with E-state index in [1.165, 1.54) is 12.3 Å². The maximum Gasteiger partial charge on any atom is 0.326 e. The number of aromatic nitrogens is 1. The fraction of sp³-hybridized carbons (Fsp3) is 0.364. The first-order valence-electron chi connectivity index (χ1n) is 5.43. The first-order valence-corrected chi connectivity index (χ1v) is 5.43. The lowest BCUT2D eigenvalue weighted by molar-refractivity contribution is -0.141. The summed E-state index contributed by atoms with van der Waals surface area (Å²) in [4.78, 5) is 28.1. The van der Waals surface area contributed by atoms with E-state index >= 15 is 0 Å². The fourth-order valence-corrected chi connectivity index (χ4v) is 2.00. The Morgan fingerprint density at radius 1 is 1.50 bits per heavy atom. The molecule has 0 spiro atoms. The van der Waals surface area contributed by atoms with Gasteiger partial charge >= 0.3 is 5.97 Å². The molecule has 2 atom stereocenters. The van der Waals surface area contributed by atoms with Crippen molar-refractivity contribution < 1.29 is 19.8 Å². The van der Waals surface area contributed by atoms with E-state index in [1.54, 1.807) is 6.07 Å². The molecule has 0 radical (unpaired) electrons. The number of β-amino-alcohol motifs (C(OH)–C–C–N with tert-alkyl or cyclic N) is 1. The molecule has 0 aromatic carbocycles. The SMILES string of the molecule is Nc1cccnc1C(=O)N1C[C@H](O)C[C@H]1C(=O)O. The van der Waals surface area contributed by atoms with Crippen LogP contribution < -0.4 is 5.73 Å². The molecule has 1 aliphatic rings. The number of carboxylic acid groups (broad SMARTS) is 1. The van der Waals surface area contributed by atoms with Gasteiger partial charge in [0.1, 0.15) is 6.04 Å². The monoisotopic (exact) mass is 251 g/mol. The first-order chi connectivity index (χ1) is 8.50. The lowest BCUT2D eigenvalue weighted by atomic mass is 10.2. The van der Waals surface area contributed by atoms with Crippen LogP contribution in [-0.4, -0.2) is 50.7 Å². The van der Waals surface area contributed by atoms with Gasteiger partial charge in [-0.25, -0.2) is 9.78 Å². The number of nitrogen functional groups attached to an aromatic ring is 1. The number of likely N-dealkylation sites (tertiary alicyclic amines) is 1. The summed E-state index contributed by atoms with van der Waals surface area (Å²) >= 11 is 0. The van der Waals surface area contributed by atoms with Crippen molar-refractivity contribution >= 4 is 17.6 Å². The van der Waals surface area contributed by atoms with Crippen molar-refractivity contribution in [3.8, 4) is 0 Å². The number of aliphatic carboxylic acids is 1. The molecule has 96 valence electrons. The smallest absolute Gasteiger partial charge is 0.326 e. The van der Waals surface area contributed by atoms with Crippen molar-refractivity contribution in [1.29, 1.82) is 0 Å². The summed E-state index contributed by atoms with van der Waals surface area (Å²) in [5.41, 5.74) is 5.83. The highest BCUT2D eigenvalue weighted by molar-refractivity contribution is 5.99. The zero-order valence-corrected chi connectivity index (χ0v) is 9.48. The van der Waals surface area contributed by atoms with Crippen LogP contribution in [0.15, 0.2) is 18.3 Å². The molecule has 4 N–H and O–H groups in total. The van der Waals surface area contributed by atoms with Gasteiger partial charge < -0.3 is 20.8 Å². The summed E-state index contributed by atoms with van der Waals surface area (Å²) in [7, 11) is 0. The average Bonchev–Trinajstić information content (AvgIpc) is 2.71. The van der Waals surface area contributed by atoms with Crippen molar-refractivity contribution in [3.63, 3.8) is 0 Å². The summed E-state index contributed by atoms with van der Waals surface area (Å²) < 4.78 is 0. The molecule has 1 amide bonds. The van der Waals surface area contributed by atoms with Crippen LogP contribution in [0.5, 0.6) is 0 Å². The minimum Gasteiger partial charge on any atom is -0.480 e. The molecular formula is C11H13N3O4. The van der Waals surface area contributed by atoms with Crippen LogP contribution in [0.25, 0.3) is 0 Å². The van der Waals surface area contributed by atoms with E-state index in [0.717, 1.165) is 4.90 Å². The van der Waals surface area contributed by atoms with Crippen LogP contribution in [0.4, 0.5) is 5.69 Å². The number of hydrogen-bond donors (Lipinski definition) is 3. The van der Waals surface area contributed by atoms with Gasteiger partial charge in [0.25, 0.3) is 5.91 Å². The van der Waals surface area contributed by atoms with E-state index in [4.69, 9.17) is 10.8 Å². The molecule has 0 aliphatic carbocycles. The third-order valence-electron chi connectivity index (χ3n) is 2.87. The fourth-order valence-electron chi connectivity index (χ4n) is 2.00. The van der Waals surface area contributed by atoms with Gasteiger partial charge in [0.15, 0.2) is 5.69 Å². The molecule has 0 unspecified atom stereocenters. The molecule has 0 bridgehead atoms. The molecule has 1 fully saturated rings. The number of aliphatic hydroxyl groups excluding tert-OH is 1. The van der Waals surface area contributed by atoms with E-state index in [9.17, 15) is 14.7 Å². The van der Waals surface area contributed by atoms with Crippen molar-refractivity contribution in [3.05, 3.63) is 24.0 Å². The van der Waals surface area contributed by atoms with E-state index in [1.807, 2.05) is 0 Å². The molecule has 1 saturated heterocycles. The maximum atomic E-state index is 12.1. The average molecular weight is 251 g/mol. The number of amides is 1. The van der Waals surface area contributed by atoms with Crippen LogP contribution in [0.1, 0.15) is 16.9 Å². The molecule has 18 heavy (non-hydrogen) atoms. The highest BCUT2D eigenvalue weighted by atomic mass is 16.4. The third-order valence-corrected chi connectivity index (χ3v) is 2.87. The summed E-state index contributed by atoms with van der Waals surface area (Å²) in [6.45, 7) is -0.0220. The molecule has 2 heterocycles. The zero-order chi connectivity index (χ0) is 13.3. The Kier molecular flexibility index (Phi) is 3.15. The topological polar surface area (TPSA) is 117 Å². The standard InChI is InChI=1S/C11H13N3O4/c12-7-2-1-3-13-9(7)10(16)14-5-6(15)4-8(14)11(17)18/h1-3,6,8,15H,4-5,12H2,(H,17,18)/t6-,8+/m1/s1. The highest BCUT2D eigenvalue weighted by Gasteiger charge is 2.40. The Hall–Kier alpha value is -2.15. The molecule has 1 aromatic rings. The van der Waals surface area contributed by atoms with Crippen LogP contribution in [0, 0.1) is 0 Å². The Bertz CT molecular complexity index is 491. The second-order valence-electron chi connectivity index (χ2n) is 4.14. The van der Waals surface area contributed by atoms with Crippen molar-refractivity contribution in [2.24, 2.45) is 0 Å². The summed E-state index contributed by atoms with van der Waals surface area (Å²) in [6.07, 6.45) is 0.597. The van der Waals surface area contributed by atoms with Crippen LogP contribution in [0.2, 0.25) is 0 Å². The van der Waals surface area contributed by atoms with Crippen LogP contribution in [0.3, 0.4) is 0 Å². The molecule has 1 aromatic heterocycles. The van der Waals surface area contributed by atoms with Crippen molar-refractivity contribution in [1.82, 2.24) is 9.88 Å².